The van der Waals surface area contributed by atoms with Crippen molar-refractivity contribution in [3.05, 3.63) is 100 Å². The molecule has 9 nitrogen and oxygen atoms in total. The van der Waals surface area contributed by atoms with Crippen molar-refractivity contribution in [1.29, 1.82) is 5.26 Å². The minimum atomic E-state index is -2.77. The summed E-state index contributed by atoms with van der Waals surface area (Å²) >= 11 is 0. The summed E-state index contributed by atoms with van der Waals surface area (Å²) in [5.41, 5.74) is 7.22. The molecule has 0 aliphatic carbocycles. The molecule has 2 N–H and O–H groups in total. The molecule has 0 radical (unpaired) electrons. The molecule has 7 rings (SSSR count). The number of nitrogens with one attached hydrogen (secondary N) is 1. The molecular formula is C37H30F2N6O3. The van der Waals surface area contributed by atoms with Gasteiger partial charge in [-0.3, -0.25) is 14.7 Å². The summed E-state index contributed by atoms with van der Waals surface area (Å²) in [7, 11) is 0. The Kier molecular flexibility index (Phi) is 8.12. The molecule has 1 atom stereocenters. The highest BCUT2D eigenvalue weighted by atomic mass is 19.3. The van der Waals surface area contributed by atoms with E-state index < -0.39 is 6.43 Å². The molecule has 4 heterocycles. The number of anilines is 2. The van der Waals surface area contributed by atoms with Gasteiger partial charge in [0.2, 0.25) is 5.89 Å². The second-order valence-electron chi connectivity index (χ2n) is 12.0. The molecule has 1 unspecified atom stereocenters. The SMILES string of the molecule is Cc1c(Nc2nc(C(F)F)cc3cc(CN4CCC(O)C4)cnc23)cccc1-c1cccc(-c2nc3cc(C=O)cc(C#N)c3o2)c1C. The van der Waals surface area contributed by atoms with Gasteiger partial charge >= 0.3 is 0 Å². The quantitative estimate of drug-likeness (QED) is 0.161. The van der Waals surface area contributed by atoms with Crippen molar-refractivity contribution in [2.45, 2.75) is 39.3 Å². The van der Waals surface area contributed by atoms with Crippen molar-refractivity contribution in [3.63, 3.8) is 0 Å². The maximum Gasteiger partial charge on any atom is 0.280 e. The molecule has 0 amide bonds. The van der Waals surface area contributed by atoms with Gasteiger partial charge in [0.05, 0.1) is 11.7 Å². The van der Waals surface area contributed by atoms with Gasteiger partial charge in [-0.2, -0.15) is 5.26 Å². The number of carbonyl (C=O) groups is 1. The van der Waals surface area contributed by atoms with Crippen molar-refractivity contribution in [3.8, 4) is 28.7 Å². The molecule has 6 aromatic rings. The third kappa shape index (κ3) is 5.76. The number of oxazole rings is 1. The van der Waals surface area contributed by atoms with E-state index in [0.717, 1.165) is 39.9 Å². The fraction of sp³-hybridized carbons (Fsp3) is 0.216. The monoisotopic (exact) mass is 644 g/mol. The number of carbonyl (C=O) groups excluding carboxylic acids is 1. The van der Waals surface area contributed by atoms with Crippen LogP contribution in [0.1, 0.15) is 51.2 Å². The van der Waals surface area contributed by atoms with E-state index in [2.05, 4.69) is 31.2 Å². The Morgan fingerprint density at radius 1 is 1.08 bits per heavy atom. The number of benzene rings is 3. The Morgan fingerprint density at radius 3 is 2.58 bits per heavy atom. The normalized spacial score (nSPS) is 15.0. The van der Waals surface area contributed by atoms with Gasteiger partial charge in [0.1, 0.15) is 29.1 Å². The molecule has 1 aliphatic rings. The van der Waals surface area contributed by atoms with Crippen LogP contribution in [0.2, 0.25) is 0 Å². The van der Waals surface area contributed by atoms with E-state index in [-0.39, 0.29) is 23.2 Å². The molecule has 240 valence electrons. The van der Waals surface area contributed by atoms with Crippen LogP contribution in [-0.2, 0) is 6.54 Å². The van der Waals surface area contributed by atoms with Gasteiger partial charge < -0.3 is 14.8 Å². The molecule has 1 fully saturated rings. The van der Waals surface area contributed by atoms with Gasteiger partial charge in [-0.05, 0) is 84.5 Å². The average molecular weight is 645 g/mol. The maximum absolute atomic E-state index is 14.0. The molecule has 48 heavy (non-hydrogen) atoms. The number of hydrogen-bond acceptors (Lipinski definition) is 9. The Bertz CT molecular complexity index is 2260. The summed E-state index contributed by atoms with van der Waals surface area (Å²) in [5.74, 6) is 0.549. The fourth-order valence-electron chi connectivity index (χ4n) is 6.38. The molecule has 3 aromatic heterocycles. The third-order valence-corrected chi connectivity index (χ3v) is 8.83. The minimum absolute atomic E-state index is 0.228. The van der Waals surface area contributed by atoms with E-state index in [4.69, 9.17) is 4.42 Å². The van der Waals surface area contributed by atoms with E-state index in [1.165, 1.54) is 12.1 Å². The molecule has 0 bridgehead atoms. The van der Waals surface area contributed by atoms with E-state index in [0.29, 0.717) is 64.9 Å². The zero-order valence-electron chi connectivity index (χ0n) is 26.2. The van der Waals surface area contributed by atoms with Crippen molar-refractivity contribution in [2.75, 3.05) is 18.4 Å². The van der Waals surface area contributed by atoms with Crippen LogP contribution >= 0.6 is 0 Å². The lowest BCUT2D eigenvalue weighted by molar-refractivity contribution is 0.112. The lowest BCUT2D eigenvalue weighted by Crippen LogP contribution is -2.21. The summed E-state index contributed by atoms with van der Waals surface area (Å²) in [6, 6.07) is 19.8. The molecule has 1 aliphatic heterocycles. The Hall–Kier alpha value is -5.57. The predicted octanol–water partition coefficient (Wildman–Crippen LogP) is 7.65. The Balaban J connectivity index is 1.25. The molecule has 3 aromatic carbocycles. The molecule has 11 heteroatoms. The van der Waals surface area contributed by atoms with Gasteiger partial charge in [0.15, 0.2) is 11.4 Å². The number of nitriles is 1. The number of aromatic nitrogens is 3. The zero-order valence-corrected chi connectivity index (χ0v) is 26.2. The molecular weight excluding hydrogens is 614 g/mol. The third-order valence-electron chi connectivity index (χ3n) is 8.83. The van der Waals surface area contributed by atoms with Gasteiger partial charge in [0.25, 0.3) is 6.43 Å². The first kappa shape index (κ1) is 31.1. The van der Waals surface area contributed by atoms with Crippen LogP contribution in [0.4, 0.5) is 20.3 Å². The van der Waals surface area contributed by atoms with Crippen molar-refractivity contribution in [2.24, 2.45) is 0 Å². The smallest absolute Gasteiger partial charge is 0.280 e. The topological polar surface area (TPSA) is 128 Å². The highest BCUT2D eigenvalue weighted by Gasteiger charge is 2.22. The number of rotatable bonds is 8. The van der Waals surface area contributed by atoms with E-state index in [9.17, 15) is 23.9 Å². The Labute approximate surface area is 274 Å². The number of halogens is 2. The number of aliphatic hydroxyl groups is 1. The van der Waals surface area contributed by atoms with Crippen molar-refractivity contribution < 1.29 is 23.1 Å². The van der Waals surface area contributed by atoms with Crippen LogP contribution in [0.25, 0.3) is 44.6 Å². The van der Waals surface area contributed by atoms with Gasteiger partial charge in [-0.25, -0.2) is 18.7 Å². The number of hydrogen-bond donors (Lipinski definition) is 2. The summed E-state index contributed by atoms with van der Waals surface area (Å²) < 4.78 is 34.1. The number of aldehydes is 1. The predicted molar refractivity (Wildman–Crippen MR) is 178 cm³/mol. The number of likely N-dealkylation sites (tertiary alicyclic amines) is 1. The first-order valence-corrected chi connectivity index (χ1v) is 15.5. The van der Waals surface area contributed by atoms with E-state index in [1.807, 2.05) is 56.3 Å². The van der Waals surface area contributed by atoms with Gasteiger partial charge in [-0.1, -0.05) is 24.3 Å². The standard InChI is InChI=1S/C37H30F2N6O3/c1-20-27(5-3-7-29(20)37-44-31-13-22(19-46)11-25(15-40)34(31)48-37)28-6-4-8-30(21(28)2)42-36-33-24(14-32(43-36)35(38)39)12-23(16-41-33)17-45-10-9-26(47)18-45/h3-8,11-14,16,19,26,35,47H,9-10,17-18H2,1-2H3,(H,42,43). The van der Waals surface area contributed by atoms with Crippen LogP contribution in [0.3, 0.4) is 0 Å². The second kappa shape index (κ2) is 12.6. The maximum atomic E-state index is 14.0. The first-order chi connectivity index (χ1) is 23.2. The van der Waals surface area contributed by atoms with Crippen LogP contribution in [0.5, 0.6) is 0 Å². The lowest BCUT2D eigenvalue weighted by atomic mass is 9.93. The van der Waals surface area contributed by atoms with Crippen LogP contribution in [0.15, 0.2) is 71.3 Å². The van der Waals surface area contributed by atoms with Gasteiger partial charge in [0, 0.05) is 48.0 Å². The highest BCUT2D eigenvalue weighted by molar-refractivity contribution is 5.92. The average Bonchev–Trinajstić information content (AvgIpc) is 3.70. The highest BCUT2D eigenvalue weighted by Crippen LogP contribution is 2.38. The summed E-state index contributed by atoms with van der Waals surface area (Å²) in [5, 5.41) is 23.3. The second-order valence-corrected chi connectivity index (χ2v) is 12.0. The number of aliphatic hydroxyl groups excluding tert-OH is 1. The number of alkyl halides is 2. The summed E-state index contributed by atoms with van der Waals surface area (Å²) in [6.07, 6.45) is -0.0225. The largest absolute Gasteiger partial charge is 0.435 e. The van der Waals surface area contributed by atoms with Crippen LogP contribution in [0, 0.1) is 25.2 Å². The number of nitrogens with zero attached hydrogens (tertiary/aromatic N) is 5. The van der Waals surface area contributed by atoms with E-state index in [1.54, 1.807) is 12.3 Å². The summed E-state index contributed by atoms with van der Waals surface area (Å²) in [4.78, 5) is 27.0. The van der Waals surface area contributed by atoms with Crippen LogP contribution in [-0.4, -0.2) is 50.4 Å². The molecule has 1 saturated heterocycles. The first-order valence-electron chi connectivity index (χ1n) is 15.5. The minimum Gasteiger partial charge on any atom is -0.435 e. The van der Waals surface area contributed by atoms with Crippen LogP contribution < -0.4 is 5.32 Å². The van der Waals surface area contributed by atoms with Gasteiger partial charge in [-0.15, -0.1) is 0 Å². The molecule has 0 saturated carbocycles. The lowest BCUT2D eigenvalue weighted by Gasteiger charge is -2.18. The Morgan fingerprint density at radius 2 is 1.85 bits per heavy atom. The summed E-state index contributed by atoms with van der Waals surface area (Å²) in [6.45, 7) is 5.80. The number of fused-ring (bicyclic) bond motifs is 2. The zero-order chi connectivity index (χ0) is 33.5. The van der Waals surface area contributed by atoms with Crippen molar-refractivity contribution >= 4 is 39.8 Å². The van der Waals surface area contributed by atoms with E-state index >= 15 is 0 Å². The van der Waals surface area contributed by atoms with Crippen molar-refractivity contribution in [1.82, 2.24) is 19.9 Å². The number of pyridine rings is 2. The fourth-order valence-corrected chi connectivity index (χ4v) is 6.38. The number of β-amino-alcohol motifs (C(OH)–C–C–N with tert-alkyl or cyclic N) is 1. The molecule has 0 spiro atoms.